The highest BCUT2D eigenvalue weighted by Crippen LogP contribution is 2.35. The number of hydrogen-bond acceptors (Lipinski definition) is 4. The number of sulfonamides is 1. The highest BCUT2D eigenvalue weighted by atomic mass is 32.2. The van der Waals surface area contributed by atoms with Crippen molar-refractivity contribution in [3.8, 4) is 0 Å². The second-order valence-electron chi connectivity index (χ2n) is 8.87. The number of rotatable bonds is 5. The molecular weight excluding hydrogens is 386 g/mol. The van der Waals surface area contributed by atoms with E-state index in [0.717, 1.165) is 44.2 Å². The van der Waals surface area contributed by atoms with Crippen LogP contribution in [0.1, 0.15) is 51.4 Å². The van der Waals surface area contributed by atoms with E-state index in [4.69, 9.17) is 0 Å². The van der Waals surface area contributed by atoms with Crippen molar-refractivity contribution in [3.05, 3.63) is 24.3 Å². The lowest BCUT2D eigenvalue weighted by Gasteiger charge is -2.41. The number of piperidine rings is 2. The summed E-state index contributed by atoms with van der Waals surface area (Å²) in [6.45, 7) is 3.54. The van der Waals surface area contributed by atoms with Crippen LogP contribution in [-0.2, 0) is 14.8 Å². The van der Waals surface area contributed by atoms with Crippen LogP contribution in [0, 0.1) is 11.8 Å². The van der Waals surface area contributed by atoms with E-state index >= 15 is 0 Å². The number of nitrogens with zero attached hydrogens (tertiary/aromatic N) is 2. The van der Waals surface area contributed by atoms with Crippen LogP contribution in [0.2, 0.25) is 0 Å². The highest BCUT2D eigenvalue weighted by molar-refractivity contribution is 7.89. The molecule has 3 fully saturated rings. The smallest absolute Gasteiger partial charge is 0.243 e. The minimum atomic E-state index is -3.49. The van der Waals surface area contributed by atoms with Gasteiger partial charge in [-0.3, -0.25) is 9.69 Å². The molecule has 0 aromatic heterocycles. The summed E-state index contributed by atoms with van der Waals surface area (Å²) in [5.74, 6) is 1.52. The third kappa shape index (κ3) is 5.01. The zero-order valence-electron chi connectivity index (χ0n) is 17.2. The van der Waals surface area contributed by atoms with E-state index in [1.807, 2.05) is 0 Å². The first-order valence-electron chi connectivity index (χ1n) is 11.1. The molecular formula is C22H33N3O3S. The van der Waals surface area contributed by atoms with E-state index in [0.29, 0.717) is 25.3 Å². The average molecular weight is 420 g/mol. The molecule has 1 N–H and O–H groups in total. The Bertz CT molecular complexity index is 820. The number of anilines is 1. The fourth-order valence-corrected chi connectivity index (χ4v) is 6.78. The fraction of sp³-hybridized carbons (Fsp3) is 0.682. The van der Waals surface area contributed by atoms with Crippen LogP contribution < -0.4 is 5.32 Å². The SMILES string of the molecule is O=C(CN1CC[C@@H]2CCCC[C@@H]2C1)Nc1cccc(S(=O)(=O)N2CCCCC2)c1. The van der Waals surface area contributed by atoms with Crippen LogP contribution in [-0.4, -0.2) is 56.3 Å². The third-order valence-corrected chi connectivity index (χ3v) is 8.71. The number of amides is 1. The lowest BCUT2D eigenvalue weighted by Crippen LogP contribution is -2.44. The average Bonchev–Trinajstić information content (AvgIpc) is 2.74. The highest BCUT2D eigenvalue weighted by Gasteiger charge is 2.31. The first-order valence-corrected chi connectivity index (χ1v) is 12.6. The van der Waals surface area contributed by atoms with Gasteiger partial charge in [0.25, 0.3) is 0 Å². The summed E-state index contributed by atoms with van der Waals surface area (Å²) in [6, 6.07) is 6.68. The quantitative estimate of drug-likeness (QED) is 0.795. The molecule has 2 saturated heterocycles. The molecule has 1 amide bonds. The van der Waals surface area contributed by atoms with Crippen molar-refractivity contribution in [1.82, 2.24) is 9.21 Å². The molecule has 1 saturated carbocycles. The Morgan fingerprint density at radius 1 is 0.966 bits per heavy atom. The number of carbonyl (C=O) groups is 1. The molecule has 1 aromatic carbocycles. The van der Waals surface area contributed by atoms with Gasteiger partial charge in [0, 0.05) is 25.3 Å². The van der Waals surface area contributed by atoms with Gasteiger partial charge in [-0.05, 0) is 62.3 Å². The number of fused-ring (bicyclic) bond motifs is 1. The van der Waals surface area contributed by atoms with Gasteiger partial charge in [-0.15, -0.1) is 0 Å². The van der Waals surface area contributed by atoms with Crippen LogP contribution in [0.15, 0.2) is 29.2 Å². The lowest BCUT2D eigenvalue weighted by molar-refractivity contribution is -0.118. The van der Waals surface area contributed by atoms with Gasteiger partial charge in [-0.2, -0.15) is 4.31 Å². The maximum absolute atomic E-state index is 12.9. The van der Waals surface area contributed by atoms with Crippen molar-refractivity contribution in [3.63, 3.8) is 0 Å². The maximum atomic E-state index is 12.9. The Morgan fingerprint density at radius 2 is 1.72 bits per heavy atom. The van der Waals surface area contributed by atoms with Gasteiger partial charge < -0.3 is 5.32 Å². The fourth-order valence-electron chi connectivity index (χ4n) is 5.21. The molecule has 6 nitrogen and oxygen atoms in total. The van der Waals surface area contributed by atoms with Gasteiger partial charge in [-0.25, -0.2) is 8.42 Å². The number of nitrogens with one attached hydrogen (secondary N) is 1. The predicted octanol–water partition coefficient (Wildman–Crippen LogP) is 3.31. The van der Waals surface area contributed by atoms with Crippen molar-refractivity contribution in [2.24, 2.45) is 11.8 Å². The van der Waals surface area contributed by atoms with Crippen molar-refractivity contribution < 1.29 is 13.2 Å². The molecule has 3 aliphatic rings. The first-order chi connectivity index (χ1) is 14.0. The van der Waals surface area contributed by atoms with Gasteiger partial charge in [0.15, 0.2) is 0 Å². The molecule has 0 unspecified atom stereocenters. The standard InChI is InChI=1S/C22H33N3O3S/c26-22(17-24-14-11-18-7-2-3-8-19(18)16-24)23-20-9-6-10-21(15-20)29(27,28)25-12-4-1-5-13-25/h6,9-10,15,18-19H,1-5,7-8,11-14,16-17H2,(H,23,26)/t18-,19+/m0/s1. The van der Waals surface area contributed by atoms with Crippen LogP contribution in [0.4, 0.5) is 5.69 Å². The number of benzene rings is 1. The van der Waals surface area contributed by atoms with E-state index in [-0.39, 0.29) is 10.8 Å². The largest absolute Gasteiger partial charge is 0.325 e. The Hall–Kier alpha value is -1.44. The molecule has 7 heteroatoms. The van der Waals surface area contributed by atoms with E-state index in [1.165, 1.54) is 32.1 Å². The van der Waals surface area contributed by atoms with Crippen molar-refractivity contribution in [1.29, 1.82) is 0 Å². The normalized spacial score (nSPS) is 26.6. The molecule has 29 heavy (non-hydrogen) atoms. The monoisotopic (exact) mass is 419 g/mol. The van der Waals surface area contributed by atoms with Crippen molar-refractivity contribution in [2.75, 3.05) is 38.0 Å². The Balaban J connectivity index is 1.36. The molecule has 0 spiro atoms. The second kappa shape index (κ2) is 9.14. The molecule has 4 rings (SSSR count). The topological polar surface area (TPSA) is 69.7 Å². The van der Waals surface area contributed by atoms with Crippen LogP contribution in [0.25, 0.3) is 0 Å². The predicted molar refractivity (Wildman–Crippen MR) is 114 cm³/mol. The molecule has 2 aliphatic heterocycles. The summed E-state index contributed by atoms with van der Waals surface area (Å²) in [5.41, 5.74) is 0.556. The summed E-state index contributed by atoms with van der Waals surface area (Å²) < 4.78 is 27.3. The van der Waals surface area contributed by atoms with Crippen LogP contribution >= 0.6 is 0 Å². The summed E-state index contributed by atoms with van der Waals surface area (Å²) in [5, 5.41) is 2.91. The zero-order valence-corrected chi connectivity index (χ0v) is 18.0. The summed E-state index contributed by atoms with van der Waals surface area (Å²) in [4.78, 5) is 15.1. The molecule has 2 atom stereocenters. The Labute approximate surface area is 174 Å². The van der Waals surface area contributed by atoms with Gasteiger partial charge in [0.05, 0.1) is 11.4 Å². The number of hydrogen-bond donors (Lipinski definition) is 1. The van der Waals surface area contributed by atoms with Crippen molar-refractivity contribution in [2.45, 2.75) is 56.3 Å². The van der Waals surface area contributed by atoms with Gasteiger partial charge in [0.1, 0.15) is 0 Å². The van der Waals surface area contributed by atoms with E-state index in [2.05, 4.69) is 10.2 Å². The minimum Gasteiger partial charge on any atom is -0.325 e. The summed E-state index contributed by atoms with van der Waals surface area (Å²) in [6.07, 6.45) is 9.42. The third-order valence-electron chi connectivity index (χ3n) is 6.81. The Kier molecular flexibility index (Phi) is 6.56. The van der Waals surface area contributed by atoms with Crippen molar-refractivity contribution >= 4 is 21.6 Å². The van der Waals surface area contributed by atoms with Gasteiger partial charge >= 0.3 is 0 Å². The van der Waals surface area contributed by atoms with Crippen LogP contribution in [0.5, 0.6) is 0 Å². The first kappa shape index (κ1) is 20.8. The number of carbonyl (C=O) groups excluding carboxylic acids is 1. The molecule has 2 heterocycles. The van der Waals surface area contributed by atoms with Gasteiger partial charge in [0.2, 0.25) is 15.9 Å². The molecule has 0 bridgehead atoms. The summed E-state index contributed by atoms with van der Waals surface area (Å²) >= 11 is 0. The molecule has 0 radical (unpaired) electrons. The molecule has 1 aliphatic carbocycles. The Morgan fingerprint density at radius 3 is 2.52 bits per heavy atom. The molecule has 160 valence electrons. The molecule has 1 aromatic rings. The lowest BCUT2D eigenvalue weighted by atomic mass is 9.75. The number of likely N-dealkylation sites (tertiary alicyclic amines) is 1. The zero-order chi connectivity index (χ0) is 20.3. The van der Waals surface area contributed by atoms with E-state index < -0.39 is 10.0 Å². The van der Waals surface area contributed by atoms with Crippen LogP contribution in [0.3, 0.4) is 0 Å². The minimum absolute atomic E-state index is 0.0632. The van der Waals surface area contributed by atoms with Gasteiger partial charge in [-0.1, -0.05) is 31.7 Å². The summed E-state index contributed by atoms with van der Waals surface area (Å²) in [7, 11) is -3.49. The second-order valence-corrected chi connectivity index (χ2v) is 10.8. The maximum Gasteiger partial charge on any atom is 0.243 e. The van der Waals surface area contributed by atoms with E-state index in [9.17, 15) is 13.2 Å². The van der Waals surface area contributed by atoms with E-state index in [1.54, 1.807) is 28.6 Å².